The van der Waals surface area contributed by atoms with Gasteiger partial charge in [0.1, 0.15) is 11.5 Å². The second kappa shape index (κ2) is 8.13. The van der Waals surface area contributed by atoms with E-state index in [0.717, 1.165) is 21.5 Å². The molecule has 1 amide bonds. The molecule has 7 heteroatoms. The normalized spacial score (nSPS) is 10.3. The van der Waals surface area contributed by atoms with Gasteiger partial charge in [0.05, 0.1) is 12.8 Å². The number of rotatable bonds is 6. The molecule has 0 aliphatic carbocycles. The highest BCUT2D eigenvalue weighted by Gasteiger charge is 2.11. The molecule has 3 aromatic rings. The van der Waals surface area contributed by atoms with Crippen LogP contribution in [-0.4, -0.2) is 24.6 Å². The summed E-state index contributed by atoms with van der Waals surface area (Å²) in [5.74, 6) is 1.10. The highest BCUT2D eigenvalue weighted by molar-refractivity contribution is 9.10. The fourth-order valence-corrected chi connectivity index (χ4v) is 3.28. The van der Waals surface area contributed by atoms with E-state index in [4.69, 9.17) is 9.47 Å². The Bertz CT molecular complexity index is 882. The molecule has 1 N–H and O–H groups in total. The molecule has 0 saturated heterocycles. The molecule has 128 valence electrons. The van der Waals surface area contributed by atoms with Crippen molar-refractivity contribution in [2.75, 3.05) is 19.0 Å². The van der Waals surface area contributed by atoms with Crippen LogP contribution in [0.25, 0.3) is 11.3 Å². The molecule has 0 atom stereocenters. The maximum atomic E-state index is 12.0. The van der Waals surface area contributed by atoms with Crippen LogP contribution in [0.1, 0.15) is 0 Å². The van der Waals surface area contributed by atoms with Crippen LogP contribution in [-0.2, 0) is 4.79 Å². The molecule has 25 heavy (non-hydrogen) atoms. The minimum Gasteiger partial charge on any atom is -0.496 e. The fraction of sp³-hybridized carbons (Fsp3) is 0.111. The Morgan fingerprint density at radius 2 is 2.08 bits per heavy atom. The summed E-state index contributed by atoms with van der Waals surface area (Å²) in [6, 6.07) is 14.9. The largest absolute Gasteiger partial charge is 0.496 e. The van der Waals surface area contributed by atoms with E-state index in [0.29, 0.717) is 10.9 Å². The van der Waals surface area contributed by atoms with E-state index in [1.807, 2.05) is 41.8 Å². The van der Waals surface area contributed by atoms with Gasteiger partial charge in [-0.15, -0.1) is 11.3 Å². The Morgan fingerprint density at radius 3 is 2.88 bits per heavy atom. The fourth-order valence-electron chi connectivity index (χ4n) is 2.17. The molecule has 0 unspecified atom stereocenters. The summed E-state index contributed by atoms with van der Waals surface area (Å²) in [5, 5.41) is 5.14. The van der Waals surface area contributed by atoms with Crippen molar-refractivity contribution in [3.8, 4) is 22.8 Å². The number of hydrogen-bond donors (Lipinski definition) is 1. The van der Waals surface area contributed by atoms with E-state index < -0.39 is 0 Å². The molecule has 1 heterocycles. The van der Waals surface area contributed by atoms with Crippen LogP contribution >= 0.6 is 27.3 Å². The highest BCUT2D eigenvalue weighted by Crippen LogP contribution is 2.31. The SMILES string of the molecule is COc1ccccc1-c1csc(NC(=O)COc2cccc(Br)c2)n1. The third kappa shape index (κ3) is 4.58. The lowest BCUT2D eigenvalue weighted by Crippen LogP contribution is -2.20. The van der Waals surface area contributed by atoms with E-state index in [2.05, 4.69) is 26.2 Å². The van der Waals surface area contributed by atoms with Crippen LogP contribution in [0.5, 0.6) is 11.5 Å². The number of carbonyl (C=O) groups is 1. The van der Waals surface area contributed by atoms with Gasteiger partial charge in [0.15, 0.2) is 11.7 Å². The zero-order valence-electron chi connectivity index (χ0n) is 13.4. The molecule has 0 spiro atoms. The van der Waals surface area contributed by atoms with Gasteiger partial charge in [-0.25, -0.2) is 4.98 Å². The number of benzene rings is 2. The van der Waals surface area contributed by atoms with Gasteiger partial charge >= 0.3 is 0 Å². The number of nitrogens with zero attached hydrogens (tertiary/aromatic N) is 1. The Balaban J connectivity index is 1.62. The number of nitrogens with one attached hydrogen (secondary N) is 1. The second-order valence-electron chi connectivity index (χ2n) is 5.03. The van der Waals surface area contributed by atoms with Crippen LogP contribution in [0.3, 0.4) is 0 Å². The van der Waals surface area contributed by atoms with E-state index in [1.165, 1.54) is 11.3 Å². The van der Waals surface area contributed by atoms with Crippen LogP contribution in [0.4, 0.5) is 5.13 Å². The maximum Gasteiger partial charge on any atom is 0.264 e. The van der Waals surface area contributed by atoms with Crippen molar-refractivity contribution < 1.29 is 14.3 Å². The Morgan fingerprint density at radius 1 is 1.24 bits per heavy atom. The minimum atomic E-state index is -0.263. The zero-order valence-corrected chi connectivity index (χ0v) is 15.8. The molecule has 2 aromatic carbocycles. The second-order valence-corrected chi connectivity index (χ2v) is 6.81. The van der Waals surface area contributed by atoms with Gasteiger partial charge in [0, 0.05) is 15.4 Å². The first-order valence-corrected chi connectivity index (χ1v) is 9.10. The van der Waals surface area contributed by atoms with Crippen molar-refractivity contribution in [3.63, 3.8) is 0 Å². The molecule has 0 saturated carbocycles. The topological polar surface area (TPSA) is 60.5 Å². The Hall–Kier alpha value is -2.38. The Labute approximate surface area is 157 Å². The number of halogens is 1. The standard InChI is InChI=1S/C18H15BrN2O3S/c1-23-16-8-3-2-7-14(16)15-11-25-18(20-15)21-17(22)10-24-13-6-4-5-12(19)9-13/h2-9,11H,10H2,1H3,(H,20,21,22). The van der Waals surface area contributed by atoms with E-state index >= 15 is 0 Å². The minimum absolute atomic E-state index is 0.0833. The zero-order chi connectivity index (χ0) is 17.6. The van der Waals surface area contributed by atoms with Gasteiger partial charge in [0.25, 0.3) is 5.91 Å². The molecular weight excluding hydrogens is 404 g/mol. The number of amides is 1. The monoisotopic (exact) mass is 418 g/mol. The summed E-state index contributed by atoms with van der Waals surface area (Å²) in [6.45, 7) is -0.0833. The molecule has 0 aliphatic heterocycles. The maximum absolute atomic E-state index is 12.0. The van der Waals surface area contributed by atoms with Crippen molar-refractivity contribution in [2.24, 2.45) is 0 Å². The lowest BCUT2D eigenvalue weighted by molar-refractivity contribution is -0.118. The van der Waals surface area contributed by atoms with Crippen molar-refractivity contribution in [1.82, 2.24) is 4.98 Å². The molecule has 0 radical (unpaired) electrons. The smallest absolute Gasteiger partial charge is 0.264 e. The molecule has 0 bridgehead atoms. The van der Waals surface area contributed by atoms with Gasteiger partial charge in [-0.1, -0.05) is 34.1 Å². The number of methoxy groups -OCH3 is 1. The van der Waals surface area contributed by atoms with Crippen LogP contribution in [0.15, 0.2) is 58.4 Å². The lowest BCUT2D eigenvalue weighted by Gasteiger charge is -2.06. The number of anilines is 1. The van der Waals surface area contributed by atoms with Crippen molar-refractivity contribution in [1.29, 1.82) is 0 Å². The number of hydrogen-bond acceptors (Lipinski definition) is 5. The molecule has 5 nitrogen and oxygen atoms in total. The first-order valence-electron chi connectivity index (χ1n) is 7.43. The summed E-state index contributed by atoms with van der Waals surface area (Å²) in [5.41, 5.74) is 1.64. The van der Waals surface area contributed by atoms with Crippen LogP contribution in [0.2, 0.25) is 0 Å². The van der Waals surface area contributed by atoms with E-state index in [1.54, 1.807) is 19.2 Å². The summed E-state index contributed by atoms with van der Waals surface area (Å²) in [7, 11) is 1.62. The summed E-state index contributed by atoms with van der Waals surface area (Å²) in [6.07, 6.45) is 0. The first-order chi connectivity index (χ1) is 12.2. The quantitative estimate of drug-likeness (QED) is 0.635. The molecular formula is C18H15BrN2O3S. The summed E-state index contributed by atoms with van der Waals surface area (Å²) in [4.78, 5) is 16.5. The van der Waals surface area contributed by atoms with Crippen LogP contribution in [0, 0.1) is 0 Å². The first kappa shape index (κ1) is 17.4. The predicted molar refractivity (Wildman–Crippen MR) is 102 cm³/mol. The summed E-state index contributed by atoms with van der Waals surface area (Å²) < 4.78 is 11.7. The van der Waals surface area contributed by atoms with Crippen molar-refractivity contribution in [2.45, 2.75) is 0 Å². The Kier molecular flexibility index (Phi) is 5.67. The number of ether oxygens (including phenoxy) is 2. The average molecular weight is 419 g/mol. The van der Waals surface area contributed by atoms with Gasteiger partial charge in [-0.05, 0) is 30.3 Å². The van der Waals surface area contributed by atoms with Crippen LogP contribution < -0.4 is 14.8 Å². The van der Waals surface area contributed by atoms with Crippen molar-refractivity contribution >= 4 is 38.3 Å². The average Bonchev–Trinajstić information content (AvgIpc) is 3.08. The molecule has 3 rings (SSSR count). The van der Waals surface area contributed by atoms with Gasteiger partial charge in [-0.2, -0.15) is 0 Å². The third-order valence-corrected chi connectivity index (χ3v) is 4.55. The van der Waals surface area contributed by atoms with Gasteiger partial charge < -0.3 is 9.47 Å². The highest BCUT2D eigenvalue weighted by atomic mass is 79.9. The van der Waals surface area contributed by atoms with E-state index in [9.17, 15) is 4.79 Å². The number of carbonyl (C=O) groups excluding carboxylic acids is 1. The number of para-hydroxylation sites is 1. The lowest BCUT2D eigenvalue weighted by atomic mass is 10.1. The number of thiazole rings is 1. The summed E-state index contributed by atoms with van der Waals surface area (Å²) >= 11 is 4.71. The molecule has 1 aromatic heterocycles. The predicted octanol–water partition coefficient (Wildman–Crippen LogP) is 4.60. The molecule has 0 aliphatic rings. The van der Waals surface area contributed by atoms with E-state index in [-0.39, 0.29) is 12.5 Å². The van der Waals surface area contributed by atoms with Gasteiger partial charge in [0.2, 0.25) is 0 Å². The van der Waals surface area contributed by atoms with Crippen molar-refractivity contribution in [3.05, 3.63) is 58.4 Å². The number of aromatic nitrogens is 1. The van der Waals surface area contributed by atoms with Gasteiger partial charge in [-0.3, -0.25) is 10.1 Å². The molecule has 0 fully saturated rings. The third-order valence-electron chi connectivity index (χ3n) is 3.30.